The summed E-state index contributed by atoms with van der Waals surface area (Å²) in [5.41, 5.74) is 6.85. The van der Waals surface area contributed by atoms with Crippen LogP contribution in [0.5, 0.6) is 5.75 Å². The number of esters is 1. The molecule has 5 nitrogen and oxygen atoms in total. The molecule has 0 aliphatic rings. The minimum absolute atomic E-state index is 0.290. The molecule has 0 spiro atoms. The fourth-order valence-electron chi connectivity index (χ4n) is 2.56. The van der Waals surface area contributed by atoms with Crippen LogP contribution in [0.15, 0.2) is 18.2 Å². The maximum absolute atomic E-state index is 12.5. The van der Waals surface area contributed by atoms with E-state index in [0.717, 1.165) is 10.9 Å². The molecule has 0 aliphatic heterocycles. The van der Waals surface area contributed by atoms with Crippen LogP contribution >= 0.6 is 11.6 Å². The smallest absolute Gasteiger partial charge is 0.358 e. The molecule has 0 unspecified atom stereocenters. The van der Waals surface area contributed by atoms with Gasteiger partial charge in [-0.15, -0.1) is 0 Å². The first-order valence-electron chi connectivity index (χ1n) is 7.69. The molecule has 2 rings (SSSR count). The van der Waals surface area contributed by atoms with Crippen molar-refractivity contribution in [2.24, 2.45) is 5.73 Å². The van der Waals surface area contributed by atoms with Crippen LogP contribution in [0.4, 0.5) is 0 Å². The number of hydrogen-bond donors (Lipinski definition) is 1. The first-order valence-corrected chi connectivity index (χ1v) is 8.06. The highest BCUT2D eigenvalue weighted by Gasteiger charge is 2.27. The molecule has 6 heteroatoms. The molecule has 2 N–H and O–H groups in total. The Morgan fingerprint density at radius 3 is 2.57 bits per heavy atom. The van der Waals surface area contributed by atoms with Crippen molar-refractivity contribution in [2.45, 2.75) is 39.8 Å². The third-order valence-electron chi connectivity index (χ3n) is 3.30. The zero-order valence-corrected chi connectivity index (χ0v) is 14.7. The van der Waals surface area contributed by atoms with Gasteiger partial charge in [-0.3, -0.25) is 0 Å². The van der Waals surface area contributed by atoms with Crippen LogP contribution in [0.1, 0.15) is 38.2 Å². The minimum atomic E-state index is -0.515. The van der Waals surface area contributed by atoms with E-state index in [1.54, 1.807) is 13.0 Å². The van der Waals surface area contributed by atoms with E-state index in [9.17, 15) is 4.79 Å². The quantitative estimate of drug-likeness (QED) is 0.817. The molecule has 0 radical (unpaired) electrons. The van der Waals surface area contributed by atoms with Gasteiger partial charge in [0.2, 0.25) is 0 Å². The Morgan fingerprint density at radius 1 is 1.30 bits per heavy atom. The molecule has 0 aliphatic carbocycles. The van der Waals surface area contributed by atoms with Gasteiger partial charge in [0.25, 0.3) is 0 Å². The van der Waals surface area contributed by atoms with Gasteiger partial charge in [-0.1, -0.05) is 11.6 Å². The van der Waals surface area contributed by atoms with Gasteiger partial charge in [0.15, 0.2) is 11.4 Å². The number of rotatable bonds is 6. The number of nitrogens with zero attached hydrogens (tertiary/aromatic N) is 1. The Morgan fingerprint density at radius 2 is 2.00 bits per heavy atom. The van der Waals surface area contributed by atoms with Crippen molar-refractivity contribution in [3.63, 3.8) is 0 Å². The Bertz CT molecular complexity index is 717. The van der Waals surface area contributed by atoms with Gasteiger partial charge >= 0.3 is 5.97 Å². The summed E-state index contributed by atoms with van der Waals surface area (Å²) in [4.78, 5) is 12.5. The Kier molecular flexibility index (Phi) is 5.22. The van der Waals surface area contributed by atoms with Crippen molar-refractivity contribution in [2.75, 3.05) is 13.2 Å². The average molecular weight is 339 g/mol. The SMILES string of the molecule is CCOC(=O)c1c(OCC)c2ccc(Cl)cc2n1CC(C)(C)N. The van der Waals surface area contributed by atoms with Crippen LogP contribution in [0.2, 0.25) is 5.02 Å². The molecule has 0 bridgehead atoms. The number of carbonyl (C=O) groups is 1. The van der Waals surface area contributed by atoms with Gasteiger partial charge in [-0.25, -0.2) is 4.79 Å². The molecule has 1 heterocycles. The van der Waals surface area contributed by atoms with Crippen LogP contribution in [0, 0.1) is 0 Å². The van der Waals surface area contributed by atoms with Gasteiger partial charge in [0.05, 0.1) is 18.7 Å². The van der Waals surface area contributed by atoms with E-state index < -0.39 is 11.5 Å². The second-order valence-corrected chi connectivity index (χ2v) is 6.50. The lowest BCUT2D eigenvalue weighted by atomic mass is 10.1. The van der Waals surface area contributed by atoms with Gasteiger partial charge < -0.3 is 19.8 Å². The van der Waals surface area contributed by atoms with Crippen LogP contribution in [-0.2, 0) is 11.3 Å². The van der Waals surface area contributed by atoms with Crippen LogP contribution < -0.4 is 10.5 Å². The molecular weight excluding hydrogens is 316 g/mol. The van der Waals surface area contributed by atoms with Crippen LogP contribution in [-0.4, -0.2) is 29.3 Å². The highest BCUT2D eigenvalue weighted by atomic mass is 35.5. The van der Waals surface area contributed by atoms with E-state index in [1.165, 1.54) is 0 Å². The van der Waals surface area contributed by atoms with Crippen molar-refractivity contribution >= 4 is 28.5 Å². The summed E-state index contributed by atoms with van der Waals surface area (Å²) in [5, 5.41) is 1.41. The van der Waals surface area contributed by atoms with E-state index in [1.807, 2.05) is 37.5 Å². The van der Waals surface area contributed by atoms with Gasteiger partial charge in [-0.05, 0) is 45.9 Å². The predicted molar refractivity (Wildman–Crippen MR) is 92.3 cm³/mol. The number of benzene rings is 1. The summed E-state index contributed by atoms with van der Waals surface area (Å²) in [6, 6.07) is 5.44. The fraction of sp³-hybridized carbons (Fsp3) is 0.471. The molecule has 0 atom stereocenters. The zero-order valence-electron chi connectivity index (χ0n) is 14.0. The van der Waals surface area contributed by atoms with Gasteiger partial charge in [0.1, 0.15) is 0 Å². The number of aromatic nitrogens is 1. The minimum Gasteiger partial charge on any atom is -0.491 e. The van der Waals surface area contributed by atoms with E-state index in [0.29, 0.717) is 36.2 Å². The summed E-state index contributed by atoms with van der Waals surface area (Å²) in [7, 11) is 0. The van der Waals surface area contributed by atoms with Crippen molar-refractivity contribution in [3.8, 4) is 5.75 Å². The molecule has 0 saturated heterocycles. The fourth-order valence-corrected chi connectivity index (χ4v) is 2.72. The molecule has 1 aromatic heterocycles. The first kappa shape index (κ1) is 17.6. The van der Waals surface area contributed by atoms with Crippen molar-refractivity contribution in [3.05, 3.63) is 28.9 Å². The maximum atomic E-state index is 12.5. The topological polar surface area (TPSA) is 66.5 Å². The maximum Gasteiger partial charge on any atom is 0.358 e. The standard InChI is InChI=1S/C17H23ClN2O3/c1-5-22-15-12-8-7-11(18)9-13(12)20(10-17(3,4)19)14(15)16(21)23-6-2/h7-9H,5-6,10,19H2,1-4H3. The number of halogens is 1. The lowest BCUT2D eigenvalue weighted by Crippen LogP contribution is -2.38. The molecular formula is C17H23ClN2O3. The molecule has 0 amide bonds. The lowest BCUT2D eigenvalue weighted by molar-refractivity contribution is 0.0508. The van der Waals surface area contributed by atoms with Gasteiger partial charge in [0, 0.05) is 22.5 Å². The number of nitrogens with two attached hydrogens (primary N) is 1. The Balaban J connectivity index is 2.77. The first-order chi connectivity index (χ1) is 10.8. The normalized spacial score (nSPS) is 11.7. The predicted octanol–water partition coefficient (Wildman–Crippen LogP) is 3.61. The molecule has 23 heavy (non-hydrogen) atoms. The number of fused-ring (bicyclic) bond motifs is 1. The van der Waals surface area contributed by atoms with Crippen LogP contribution in [0.25, 0.3) is 10.9 Å². The van der Waals surface area contributed by atoms with E-state index in [-0.39, 0.29) is 0 Å². The van der Waals surface area contributed by atoms with Crippen molar-refractivity contribution < 1.29 is 14.3 Å². The summed E-state index contributed by atoms with van der Waals surface area (Å²) in [6.07, 6.45) is 0. The molecule has 0 fully saturated rings. The summed E-state index contributed by atoms with van der Waals surface area (Å²) in [5.74, 6) is 0.0920. The largest absolute Gasteiger partial charge is 0.491 e. The Hall–Kier alpha value is -1.72. The van der Waals surface area contributed by atoms with E-state index >= 15 is 0 Å². The van der Waals surface area contributed by atoms with E-state index in [4.69, 9.17) is 26.8 Å². The number of hydrogen-bond acceptors (Lipinski definition) is 4. The van der Waals surface area contributed by atoms with E-state index in [2.05, 4.69) is 0 Å². The molecule has 126 valence electrons. The van der Waals surface area contributed by atoms with Crippen LogP contribution in [0.3, 0.4) is 0 Å². The zero-order chi connectivity index (χ0) is 17.2. The molecule has 1 aromatic carbocycles. The number of ether oxygens (including phenoxy) is 2. The second kappa shape index (κ2) is 6.81. The summed E-state index contributed by atoms with van der Waals surface area (Å²) < 4.78 is 12.8. The highest BCUT2D eigenvalue weighted by Crippen LogP contribution is 2.36. The molecule has 0 saturated carbocycles. The summed E-state index contributed by atoms with van der Waals surface area (Å²) in [6.45, 7) is 8.62. The third-order valence-corrected chi connectivity index (χ3v) is 3.54. The average Bonchev–Trinajstić information content (AvgIpc) is 2.71. The Labute approximate surface area is 141 Å². The third kappa shape index (κ3) is 3.79. The summed E-state index contributed by atoms with van der Waals surface area (Å²) >= 11 is 6.14. The van der Waals surface area contributed by atoms with Crippen molar-refractivity contribution in [1.29, 1.82) is 0 Å². The second-order valence-electron chi connectivity index (χ2n) is 6.07. The van der Waals surface area contributed by atoms with Crippen molar-refractivity contribution in [1.82, 2.24) is 4.57 Å². The lowest BCUT2D eigenvalue weighted by Gasteiger charge is -2.21. The highest BCUT2D eigenvalue weighted by molar-refractivity contribution is 6.31. The van der Waals surface area contributed by atoms with Gasteiger partial charge in [-0.2, -0.15) is 0 Å². The molecule has 2 aromatic rings. The monoisotopic (exact) mass is 338 g/mol. The number of carbonyl (C=O) groups excluding carboxylic acids is 1.